The van der Waals surface area contributed by atoms with Gasteiger partial charge in [0, 0.05) is 21.0 Å². The molecule has 6 nitrogen and oxygen atoms in total. The Morgan fingerprint density at radius 2 is 1.74 bits per heavy atom. The summed E-state index contributed by atoms with van der Waals surface area (Å²) in [6, 6.07) is 7.59. The smallest absolute Gasteiger partial charge is 0.247 e. The minimum absolute atomic E-state index is 0.383. The number of fused-ring (bicyclic) bond motifs is 1. The molecule has 0 spiro atoms. The van der Waals surface area contributed by atoms with Crippen LogP contribution >= 0.6 is 22.9 Å². The molecule has 0 saturated heterocycles. The number of halogens is 1. The molecule has 1 aromatic heterocycles. The first-order valence-corrected chi connectivity index (χ1v) is 7.78. The number of rotatable bonds is 6. The maximum Gasteiger partial charge on any atom is 0.247 e. The normalized spacial score (nSPS) is 11.0. The van der Waals surface area contributed by atoms with E-state index >= 15 is 0 Å². The zero-order valence-corrected chi connectivity index (χ0v) is 13.6. The van der Waals surface area contributed by atoms with Crippen molar-refractivity contribution in [2.45, 2.75) is 0 Å². The molecule has 0 atom stereocenters. The molecule has 8 heteroatoms. The number of carbonyl (C=O) groups excluding carboxylic acids is 3. The van der Waals surface area contributed by atoms with Crippen molar-refractivity contribution in [2.75, 3.05) is 13.1 Å². The van der Waals surface area contributed by atoms with Gasteiger partial charge in [-0.1, -0.05) is 29.8 Å². The van der Waals surface area contributed by atoms with Gasteiger partial charge in [0.05, 0.1) is 5.02 Å². The Morgan fingerprint density at radius 1 is 1.13 bits per heavy atom. The van der Waals surface area contributed by atoms with E-state index in [1.54, 1.807) is 6.08 Å². The van der Waals surface area contributed by atoms with Gasteiger partial charge in [-0.3, -0.25) is 14.4 Å². The molecule has 120 valence electrons. The minimum Gasteiger partial charge on any atom is -0.368 e. The highest BCUT2D eigenvalue weighted by molar-refractivity contribution is 7.20. The molecule has 0 saturated carbocycles. The number of carbonyl (C=O) groups is 3. The Morgan fingerprint density at radius 3 is 2.30 bits per heavy atom. The summed E-state index contributed by atoms with van der Waals surface area (Å²) in [6.45, 7) is -0.765. The van der Waals surface area contributed by atoms with E-state index in [0.717, 1.165) is 15.0 Å². The van der Waals surface area contributed by atoms with Crippen LogP contribution in [0.2, 0.25) is 5.02 Å². The fourth-order valence-electron chi connectivity index (χ4n) is 1.98. The number of thiophene rings is 1. The van der Waals surface area contributed by atoms with Crippen molar-refractivity contribution < 1.29 is 14.4 Å². The zero-order valence-electron chi connectivity index (χ0n) is 12.0. The second kappa shape index (κ2) is 7.26. The maximum atomic E-state index is 12.1. The molecule has 3 amide bonds. The molecule has 23 heavy (non-hydrogen) atoms. The van der Waals surface area contributed by atoms with Gasteiger partial charge < -0.3 is 16.4 Å². The number of benzene rings is 1. The Bertz CT molecular complexity index is 784. The third-order valence-corrected chi connectivity index (χ3v) is 4.60. The predicted molar refractivity (Wildman–Crippen MR) is 90.8 cm³/mol. The van der Waals surface area contributed by atoms with Crippen LogP contribution in [0.15, 0.2) is 30.3 Å². The first-order valence-electron chi connectivity index (χ1n) is 6.59. The van der Waals surface area contributed by atoms with Crippen LogP contribution in [0, 0.1) is 0 Å². The van der Waals surface area contributed by atoms with E-state index in [9.17, 15) is 14.4 Å². The summed E-state index contributed by atoms with van der Waals surface area (Å²) in [5, 5.41) is 1.45. The Hall–Kier alpha value is -2.38. The third kappa shape index (κ3) is 4.30. The molecule has 0 aliphatic carbocycles. The topological polar surface area (TPSA) is 106 Å². The first kappa shape index (κ1) is 17.0. The lowest BCUT2D eigenvalue weighted by Gasteiger charge is -2.17. The summed E-state index contributed by atoms with van der Waals surface area (Å²) in [4.78, 5) is 35.7. The lowest BCUT2D eigenvalue weighted by atomic mass is 10.2. The first-order chi connectivity index (χ1) is 10.9. The van der Waals surface area contributed by atoms with E-state index < -0.39 is 17.7 Å². The Labute approximate surface area is 141 Å². The van der Waals surface area contributed by atoms with E-state index in [0.29, 0.717) is 9.90 Å². The summed E-state index contributed by atoms with van der Waals surface area (Å²) in [5.74, 6) is -2.00. The van der Waals surface area contributed by atoms with Gasteiger partial charge in [0.25, 0.3) is 0 Å². The van der Waals surface area contributed by atoms with Crippen molar-refractivity contribution in [1.29, 1.82) is 0 Å². The molecular formula is C15H14ClN3O3S. The van der Waals surface area contributed by atoms with Crippen molar-refractivity contribution in [3.05, 3.63) is 40.2 Å². The predicted octanol–water partition coefficient (Wildman–Crippen LogP) is 1.37. The second-order valence-corrected chi connectivity index (χ2v) is 6.20. The molecule has 2 rings (SSSR count). The zero-order chi connectivity index (χ0) is 17.0. The van der Waals surface area contributed by atoms with Gasteiger partial charge in [-0.2, -0.15) is 0 Å². The molecule has 4 N–H and O–H groups in total. The fourth-order valence-corrected chi connectivity index (χ4v) is 3.38. The number of nitrogens with zero attached hydrogens (tertiary/aromatic N) is 1. The van der Waals surface area contributed by atoms with Crippen molar-refractivity contribution in [3.8, 4) is 0 Å². The van der Waals surface area contributed by atoms with Crippen LogP contribution in [0.25, 0.3) is 16.2 Å². The highest BCUT2D eigenvalue weighted by Gasteiger charge is 2.16. The van der Waals surface area contributed by atoms with E-state index in [1.165, 1.54) is 17.4 Å². The van der Waals surface area contributed by atoms with Gasteiger partial charge in [0.1, 0.15) is 13.1 Å². The van der Waals surface area contributed by atoms with Crippen LogP contribution in [-0.4, -0.2) is 35.7 Å². The SMILES string of the molecule is NC(=O)CN(CC(N)=O)C(=O)/C=C/c1sc2ccccc2c1Cl. The maximum absolute atomic E-state index is 12.1. The van der Waals surface area contributed by atoms with Crippen LogP contribution in [-0.2, 0) is 14.4 Å². The monoisotopic (exact) mass is 351 g/mol. The van der Waals surface area contributed by atoms with Gasteiger partial charge in [-0.05, 0) is 12.1 Å². The molecule has 0 aliphatic heterocycles. The molecule has 2 aromatic rings. The summed E-state index contributed by atoms with van der Waals surface area (Å²) >= 11 is 7.71. The van der Waals surface area contributed by atoms with Crippen LogP contribution < -0.4 is 11.5 Å². The van der Waals surface area contributed by atoms with Crippen LogP contribution in [0.3, 0.4) is 0 Å². The van der Waals surface area contributed by atoms with Gasteiger partial charge in [-0.15, -0.1) is 11.3 Å². The number of amides is 3. The molecule has 0 fully saturated rings. The average Bonchev–Trinajstić information content (AvgIpc) is 2.80. The Kier molecular flexibility index (Phi) is 5.36. The molecule has 1 aromatic carbocycles. The molecule has 0 radical (unpaired) electrons. The lowest BCUT2D eigenvalue weighted by molar-refractivity contribution is -0.134. The van der Waals surface area contributed by atoms with Crippen molar-refractivity contribution in [2.24, 2.45) is 11.5 Å². The largest absolute Gasteiger partial charge is 0.368 e. The van der Waals surface area contributed by atoms with Gasteiger partial charge in [-0.25, -0.2) is 0 Å². The number of nitrogens with two attached hydrogens (primary N) is 2. The number of primary amides is 2. The van der Waals surface area contributed by atoms with Crippen molar-refractivity contribution in [1.82, 2.24) is 4.90 Å². The lowest BCUT2D eigenvalue weighted by Crippen LogP contribution is -2.42. The molecule has 1 heterocycles. The summed E-state index contributed by atoms with van der Waals surface area (Å²) < 4.78 is 0.996. The van der Waals surface area contributed by atoms with E-state index in [2.05, 4.69) is 0 Å². The highest BCUT2D eigenvalue weighted by Crippen LogP contribution is 2.35. The third-order valence-electron chi connectivity index (χ3n) is 2.94. The van der Waals surface area contributed by atoms with Gasteiger partial charge in [0.15, 0.2) is 0 Å². The average molecular weight is 352 g/mol. The molecule has 0 bridgehead atoms. The second-order valence-electron chi connectivity index (χ2n) is 4.74. The highest BCUT2D eigenvalue weighted by atomic mass is 35.5. The molecular weight excluding hydrogens is 338 g/mol. The molecule has 0 aliphatic rings. The van der Waals surface area contributed by atoms with Gasteiger partial charge in [0.2, 0.25) is 17.7 Å². The van der Waals surface area contributed by atoms with Crippen molar-refractivity contribution >= 4 is 56.8 Å². The van der Waals surface area contributed by atoms with E-state index in [-0.39, 0.29) is 13.1 Å². The summed E-state index contributed by atoms with van der Waals surface area (Å²) in [7, 11) is 0. The standard InChI is InChI=1S/C15H14ClN3O3S/c16-15-9-3-1-2-4-10(9)23-11(15)5-6-14(22)19(7-12(17)20)8-13(18)21/h1-6H,7-8H2,(H2,17,20)(H2,18,21)/b6-5+. The quantitative estimate of drug-likeness (QED) is 0.767. The van der Waals surface area contributed by atoms with Crippen molar-refractivity contribution in [3.63, 3.8) is 0 Å². The Balaban J connectivity index is 2.21. The van der Waals surface area contributed by atoms with E-state index in [4.69, 9.17) is 23.1 Å². The van der Waals surface area contributed by atoms with Crippen LogP contribution in [0.4, 0.5) is 0 Å². The van der Waals surface area contributed by atoms with Gasteiger partial charge >= 0.3 is 0 Å². The van der Waals surface area contributed by atoms with Crippen LogP contribution in [0.5, 0.6) is 0 Å². The van der Waals surface area contributed by atoms with Crippen LogP contribution in [0.1, 0.15) is 4.88 Å². The minimum atomic E-state index is -0.729. The van der Waals surface area contributed by atoms with E-state index in [1.807, 2.05) is 24.3 Å². The summed E-state index contributed by atoms with van der Waals surface area (Å²) in [5.41, 5.74) is 10.1. The number of hydrogen-bond donors (Lipinski definition) is 2. The molecule has 0 unspecified atom stereocenters. The number of hydrogen-bond acceptors (Lipinski definition) is 4. The summed E-state index contributed by atoms with van der Waals surface area (Å²) in [6.07, 6.45) is 2.78. The fraction of sp³-hybridized carbons (Fsp3) is 0.133.